The largest absolute Gasteiger partial charge is 0.381 e. The van der Waals surface area contributed by atoms with Crippen molar-refractivity contribution in [2.45, 2.75) is 39.0 Å². The Morgan fingerprint density at radius 1 is 1.39 bits per heavy atom. The molecule has 1 amide bonds. The van der Waals surface area contributed by atoms with Gasteiger partial charge in [-0.15, -0.1) is 0 Å². The first kappa shape index (κ1) is 13.6. The Balaban J connectivity index is 1.59. The molecule has 0 aromatic heterocycles. The van der Waals surface area contributed by atoms with E-state index in [9.17, 15) is 4.79 Å². The van der Waals surface area contributed by atoms with Gasteiger partial charge in [0.25, 0.3) is 0 Å². The van der Waals surface area contributed by atoms with Crippen LogP contribution in [0.5, 0.6) is 0 Å². The smallest absolute Gasteiger partial charge is 0.243 e. The summed E-state index contributed by atoms with van der Waals surface area (Å²) in [5.74, 6) is 2.18. The summed E-state index contributed by atoms with van der Waals surface area (Å²) in [6, 6.07) is 0. The predicted octanol–water partition coefficient (Wildman–Crippen LogP) is 2.52. The summed E-state index contributed by atoms with van der Waals surface area (Å²) >= 11 is 0. The lowest BCUT2D eigenvalue weighted by molar-refractivity contribution is -0.116. The van der Waals surface area contributed by atoms with Gasteiger partial charge in [-0.25, -0.2) is 0 Å². The number of amides is 1. The summed E-state index contributed by atoms with van der Waals surface area (Å²) in [5.41, 5.74) is 0. The first-order valence-corrected chi connectivity index (χ1v) is 7.33. The first-order chi connectivity index (χ1) is 8.79. The van der Waals surface area contributed by atoms with Crippen LogP contribution < -0.4 is 5.32 Å². The number of hydrogen-bond donors (Lipinski definition) is 1. The zero-order chi connectivity index (χ0) is 12.8. The average Bonchev–Trinajstić information content (AvgIpc) is 3.14. The molecule has 1 aliphatic carbocycles. The lowest BCUT2D eigenvalue weighted by Gasteiger charge is -2.21. The van der Waals surface area contributed by atoms with Crippen LogP contribution in [0, 0.1) is 17.8 Å². The van der Waals surface area contributed by atoms with Crippen molar-refractivity contribution in [1.82, 2.24) is 5.32 Å². The fourth-order valence-electron chi connectivity index (χ4n) is 2.67. The molecule has 3 heteroatoms. The van der Waals surface area contributed by atoms with Gasteiger partial charge in [-0.05, 0) is 43.1 Å². The molecule has 18 heavy (non-hydrogen) atoms. The van der Waals surface area contributed by atoms with Crippen LogP contribution in [-0.4, -0.2) is 25.7 Å². The Morgan fingerprint density at radius 3 is 2.89 bits per heavy atom. The summed E-state index contributed by atoms with van der Waals surface area (Å²) < 4.78 is 5.30. The number of ether oxygens (including phenoxy) is 1. The molecule has 1 N–H and O–H groups in total. The van der Waals surface area contributed by atoms with Crippen molar-refractivity contribution in [2.75, 3.05) is 19.8 Å². The molecular weight excluding hydrogens is 226 g/mol. The maximum Gasteiger partial charge on any atom is 0.243 e. The summed E-state index contributed by atoms with van der Waals surface area (Å²) in [4.78, 5) is 11.7. The van der Waals surface area contributed by atoms with Crippen molar-refractivity contribution in [3.05, 3.63) is 12.2 Å². The van der Waals surface area contributed by atoms with Crippen molar-refractivity contribution < 1.29 is 9.53 Å². The third kappa shape index (κ3) is 4.45. The molecule has 0 spiro atoms. The Bertz CT molecular complexity index is 295. The maximum absolute atomic E-state index is 11.7. The van der Waals surface area contributed by atoms with E-state index in [2.05, 4.69) is 18.3 Å². The van der Waals surface area contributed by atoms with Gasteiger partial charge in [-0.2, -0.15) is 0 Å². The molecule has 3 nitrogen and oxygen atoms in total. The predicted molar refractivity (Wildman–Crippen MR) is 72.2 cm³/mol. The van der Waals surface area contributed by atoms with Gasteiger partial charge in [0.15, 0.2) is 0 Å². The highest BCUT2D eigenvalue weighted by atomic mass is 16.5. The molecule has 2 rings (SSSR count). The second kappa shape index (κ2) is 6.93. The van der Waals surface area contributed by atoms with Crippen LogP contribution in [0.1, 0.15) is 39.0 Å². The summed E-state index contributed by atoms with van der Waals surface area (Å²) in [5, 5.41) is 3.00. The standard InChI is InChI=1S/C15H25NO2/c1-2-3-13-10-14(13)4-5-15(17)16-11-12-6-8-18-9-7-12/h4-5,12-14H,2-3,6-11H2,1H3,(H,16,17). The SMILES string of the molecule is CCCC1CC1C=CC(=O)NCC1CCOCC1. The number of carbonyl (C=O) groups excluding carboxylic acids is 1. The minimum absolute atomic E-state index is 0.0728. The molecule has 0 aromatic rings. The average molecular weight is 251 g/mol. The number of allylic oxidation sites excluding steroid dienone is 1. The Labute approximate surface area is 110 Å². The zero-order valence-corrected chi connectivity index (χ0v) is 11.4. The number of carbonyl (C=O) groups is 1. The second-order valence-corrected chi connectivity index (χ2v) is 5.61. The molecule has 2 fully saturated rings. The summed E-state index contributed by atoms with van der Waals surface area (Å²) in [6.45, 7) is 4.71. The van der Waals surface area contributed by atoms with Crippen molar-refractivity contribution in [2.24, 2.45) is 17.8 Å². The fraction of sp³-hybridized carbons (Fsp3) is 0.800. The molecule has 102 valence electrons. The van der Waals surface area contributed by atoms with Crippen LogP contribution in [0.25, 0.3) is 0 Å². The van der Waals surface area contributed by atoms with Gasteiger partial charge in [0.05, 0.1) is 0 Å². The van der Waals surface area contributed by atoms with Gasteiger partial charge in [0.2, 0.25) is 5.91 Å². The van der Waals surface area contributed by atoms with Gasteiger partial charge in [0.1, 0.15) is 0 Å². The first-order valence-electron chi connectivity index (χ1n) is 7.33. The van der Waals surface area contributed by atoms with E-state index in [-0.39, 0.29) is 5.91 Å². The van der Waals surface area contributed by atoms with E-state index in [0.717, 1.165) is 38.5 Å². The minimum Gasteiger partial charge on any atom is -0.381 e. The molecule has 0 aromatic carbocycles. The highest BCUT2D eigenvalue weighted by Gasteiger charge is 2.33. The van der Waals surface area contributed by atoms with Crippen LogP contribution in [0.15, 0.2) is 12.2 Å². The van der Waals surface area contributed by atoms with E-state index in [1.165, 1.54) is 19.3 Å². The highest BCUT2D eigenvalue weighted by molar-refractivity contribution is 5.87. The van der Waals surface area contributed by atoms with Crippen LogP contribution in [0.3, 0.4) is 0 Å². The van der Waals surface area contributed by atoms with E-state index in [1.807, 2.05) is 0 Å². The lowest BCUT2D eigenvalue weighted by Crippen LogP contribution is -2.31. The molecule has 0 bridgehead atoms. The lowest BCUT2D eigenvalue weighted by atomic mass is 10.0. The van der Waals surface area contributed by atoms with E-state index in [4.69, 9.17) is 4.74 Å². The molecule has 0 radical (unpaired) electrons. The number of nitrogens with one attached hydrogen (secondary N) is 1. The normalized spacial score (nSPS) is 28.5. The zero-order valence-electron chi connectivity index (χ0n) is 11.4. The summed E-state index contributed by atoms with van der Waals surface area (Å²) in [7, 11) is 0. The van der Waals surface area contributed by atoms with Crippen molar-refractivity contribution in [3.63, 3.8) is 0 Å². The van der Waals surface area contributed by atoms with Crippen LogP contribution in [0.4, 0.5) is 0 Å². The fourth-order valence-corrected chi connectivity index (χ4v) is 2.67. The van der Waals surface area contributed by atoms with E-state index in [1.54, 1.807) is 6.08 Å². The van der Waals surface area contributed by atoms with Gasteiger partial charge < -0.3 is 10.1 Å². The Kier molecular flexibility index (Phi) is 5.24. The molecular formula is C15H25NO2. The van der Waals surface area contributed by atoms with Gasteiger partial charge in [0, 0.05) is 19.8 Å². The molecule has 1 saturated heterocycles. The molecule has 2 aliphatic rings. The van der Waals surface area contributed by atoms with Gasteiger partial charge >= 0.3 is 0 Å². The topological polar surface area (TPSA) is 38.3 Å². The Hall–Kier alpha value is -0.830. The highest BCUT2D eigenvalue weighted by Crippen LogP contribution is 2.42. The van der Waals surface area contributed by atoms with Crippen LogP contribution in [0.2, 0.25) is 0 Å². The molecule has 1 saturated carbocycles. The minimum atomic E-state index is 0.0728. The van der Waals surface area contributed by atoms with Crippen molar-refractivity contribution in [3.8, 4) is 0 Å². The van der Waals surface area contributed by atoms with Crippen LogP contribution >= 0.6 is 0 Å². The van der Waals surface area contributed by atoms with Gasteiger partial charge in [-0.1, -0.05) is 25.8 Å². The van der Waals surface area contributed by atoms with E-state index >= 15 is 0 Å². The quantitative estimate of drug-likeness (QED) is 0.737. The van der Waals surface area contributed by atoms with Crippen molar-refractivity contribution >= 4 is 5.91 Å². The van der Waals surface area contributed by atoms with Crippen molar-refractivity contribution in [1.29, 1.82) is 0 Å². The Morgan fingerprint density at radius 2 is 2.17 bits per heavy atom. The summed E-state index contributed by atoms with van der Waals surface area (Å²) in [6.07, 6.45) is 9.82. The number of hydrogen-bond acceptors (Lipinski definition) is 2. The van der Waals surface area contributed by atoms with Crippen LogP contribution in [-0.2, 0) is 9.53 Å². The maximum atomic E-state index is 11.7. The third-order valence-electron chi connectivity index (χ3n) is 4.04. The molecule has 2 atom stereocenters. The molecule has 1 heterocycles. The molecule has 1 aliphatic heterocycles. The number of rotatable bonds is 6. The van der Waals surface area contributed by atoms with E-state index < -0.39 is 0 Å². The van der Waals surface area contributed by atoms with Gasteiger partial charge in [-0.3, -0.25) is 4.79 Å². The second-order valence-electron chi connectivity index (χ2n) is 5.61. The monoisotopic (exact) mass is 251 g/mol. The molecule has 2 unspecified atom stereocenters. The van der Waals surface area contributed by atoms with E-state index in [0.29, 0.717) is 11.8 Å². The third-order valence-corrected chi connectivity index (χ3v) is 4.04.